The Morgan fingerprint density at radius 2 is 2.30 bits per heavy atom. The van der Waals surface area contributed by atoms with Crippen molar-refractivity contribution >= 4 is 27.3 Å². The van der Waals surface area contributed by atoms with Crippen LogP contribution in [-0.2, 0) is 14.8 Å². The first kappa shape index (κ1) is 15.4. The maximum atomic E-state index is 12.1. The summed E-state index contributed by atoms with van der Waals surface area (Å²) in [4.78, 5) is 10.8. The molecule has 6 nitrogen and oxygen atoms in total. The second-order valence-corrected chi connectivity index (χ2v) is 7.72. The van der Waals surface area contributed by atoms with E-state index < -0.39 is 16.0 Å². The predicted octanol–water partition coefficient (Wildman–Crippen LogP) is 1.54. The molecule has 0 amide bonds. The molecule has 0 radical (unpaired) electrons. The molecule has 2 atom stereocenters. The van der Waals surface area contributed by atoms with Gasteiger partial charge in [0, 0.05) is 19.1 Å². The Bertz CT molecular complexity index is 580. The molecular formula is C12H17NO5S2. The summed E-state index contributed by atoms with van der Waals surface area (Å²) in [5.41, 5.74) is 0. The molecule has 20 heavy (non-hydrogen) atoms. The van der Waals surface area contributed by atoms with Crippen LogP contribution in [0.4, 0.5) is 0 Å². The first-order valence-corrected chi connectivity index (χ1v) is 8.68. The Balaban J connectivity index is 2.01. The molecule has 1 saturated heterocycles. The van der Waals surface area contributed by atoms with E-state index in [9.17, 15) is 13.2 Å². The Morgan fingerprint density at radius 1 is 1.55 bits per heavy atom. The zero-order valence-electron chi connectivity index (χ0n) is 11.0. The van der Waals surface area contributed by atoms with Crippen molar-refractivity contribution in [1.29, 1.82) is 0 Å². The summed E-state index contributed by atoms with van der Waals surface area (Å²) in [6.07, 6.45) is 1.79. The van der Waals surface area contributed by atoms with Gasteiger partial charge in [-0.1, -0.05) is 6.92 Å². The van der Waals surface area contributed by atoms with E-state index in [4.69, 9.17) is 9.84 Å². The van der Waals surface area contributed by atoms with Crippen LogP contribution in [0.25, 0.3) is 0 Å². The molecule has 0 saturated carbocycles. The summed E-state index contributed by atoms with van der Waals surface area (Å²) < 4.78 is 32.3. The average Bonchev–Trinajstić information content (AvgIpc) is 3.05. The highest BCUT2D eigenvalue weighted by atomic mass is 32.2. The van der Waals surface area contributed by atoms with Gasteiger partial charge >= 0.3 is 5.97 Å². The lowest BCUT2D eigenvalue weighted by Crippen LogP contribution is -2.32. The number of carboxylic acid groups (broad SMARTS) is 1. The molecule has 2 N–H and O–H groups in total. The van der Waals surface area contributed by atoms with Crippen LogP contribution in [0, 0.1) is 5.92 Å². The van der Waals surface area contributed by atoms with Crippen LogP contribution in [-0.4, -0.2) is 38.7 Å². The van der Waals surface area contributed by atoms with Gasteiger partial charge in [-0.25, -0.2) is 17.9 Å². The number of thiophene rings is 1. The first-order valence-electron chi connectivity index (χ1n) is 6.38. The Kier molecular flexibility index (Phi) is 4.79. The van der Waals surface area contributed by atoms with Gasteiger partial charge in [-0.2, -0.15) is 0 Å². The van der Waals surface area contributed by atoms with Crippen LogP contribution in [0.2, 0.25) is 0 Å². The van der Waals surface area contributed by atoms with Gasteiger partial charge < -0.3 is 9.84 Å². The Morgan fingerprint density at radius 3 is 2.90 bits per heavy atom. The van der Waals surface area contributed by atoms with Gasteiger partial charge in [0.1, 0.15) is 9.09 Å². The molecule has 112 valence electrons. The molecule has 8 heteroatoms. The number of carboxylic acids is 1. The Hall–Kier alpha value is -0.960. The molecule has 1 aliphatic heterocycles. The van der Waals surface area contributed by atoms with E-state index in [1.807, 2.05) is 6.92 Å². The minimum atomic E-state index is -3.64. The number of nitrogens with one attached hydrogen (secondary N) is 1. The minimum Gasteiger partial charge on any atom is -0.477 e. The maximum absolute atomic E-state index is 12.1. The zero-order chi connectivity index (χ0) is 14.8. The van der Waals surface area contributed by atoms with Crippen LogP contribution in [0.1, 0.15) is 29.4 Å². The van der Waals surface area contributed by atoms with E-state index in [1.54, 1.807) is 0 Å². The first-order chi connectivity index (χ1) is 9.44. The molecule has 0 aromatic carbocycles. The lowest BCUT2D eigenvalue weighted by atomic mass is 10.0. The summed E-state index contributed by atoms with van der Waals surface area (Å²) >= 11 is 0.756. The largest absolute Gasteiger partial charge is 0.477 e. The summed E-state index contributed by atoms with van der Waals surface area (Å²) in [6.45, 7) is 2.99. The smallest absolute Gasteiger partial charge is 0.345 e. The van der Waals surface area contributed by atoms with Crippen LogP contribution in [0.15, 0.2) is 16.3 Å². The van der Waals surface area contributed by atoms with E-state index in [-0.39, 0.29) is 21.1 Å². The number of hydrogen-bond acceptors (Lipinski definition) is 5. The summed E-state index contributed by atoms with van der Waals surface area (Å²) in [7, 11) is -3.64. The molecule has 2 unspecified atom stereocenters. The normalized spacial score (nSPS) is 23.1. The van der Waals surface area contributed by atoms with Gasteiger partial charge in [0.25, 0.3) is 0 Å². The second kappa shape index (κ2) is 6.21. The van der Waals surface area contributed by atoms with E-state index >= 15 is 0 Å². The van der Waals surface area contributed by atoms with Crippen LogP contribution >= 0.6 is 11.3 Å². The second-order valence-electron chi connectivity index (χ2n) is 4.64. The molecule has 1 aromatic rings. The number of hydrogen-bond donors (Lipinski definition) is 2. The van der Waals surface area contributed by atoms with Crippen molar-refractivity contribution in [2.75, 3.05) is 13.2 Å². The third-order valence-electron chi connectivity index (χ3n) is 3.34. The summed E-state index contributed by atoms with van der Waals surface area (Å²) in [5.74, 6) is -0.944. The van der Waals surface area contributed by atoms with Crippen molar-refractivity contribution in [2.45, 2.75) is 30.1 Å². The van der Waals surface area contributed by atoms with Gasteiger partial charge in [-0.3, -0.25) is 0 Å². The molecule has 2 heterocycles. The fourth-order valence-electron chi connectivity index (χ4n) is 2.24. The van der Waals surface area contributed by atoms with Gasteiger partial charge in [0.2, 0.25) is 10.0 Å². The summed E-state index contributed by atoms with van der Waals surface area (Å²) in [5, 5.41) is 8.81. The van der Waals surface area contributed by atoms with Gasteiger partial charge in [-0.15, -0.1) is 11.3 Å². The van der Waals surface area contributed by atoms with E-state index in [0.717, 1.165) is 24.2 Å². The van der Waals surface area contributed by atoms with E-state index in [0.29, 0.717) is 13.2 Å². The lowest BCUT2D eigenvalue weighted by Gasteiger charge is -2.16. The number of ether oxygens (including phenoxy) is 1. The van der Waals surface area contributed by atoms with Crippen LogP contribution in [0.5, 0.6) is 0 Å². The average molecular weight is 319 g/mol. The number of rotatable bonds is 6. The fraction of sp³-hybridized carbons (Fsp3) is 0.583. The van der Waals surface area contributed by atoms with Gasteiger partial charge in [0.15, 0.2) is 0 Å². The highest BCUT2D eigenvalue weighted by Gasteiger charge is 2.28. The molecule has 0 bridgehead atoms. The number of aromatic carboxylic acids is 1. The lowest BCUT2D eigenvalue weighted by molar-refractivity contribution is 0.0702. The van der Waals surface area contributed by atoms with Crippen molar-refractivity contribution in [3.8, 4) is 0 Å². The highest BCUT2D eigenvalue weighted by molar-refractivity contribution is 7.91. The highest BCUT2D eigenvalue weighted by Crippen LogP contribution is 2.25. The van der Waals surface area contributed by atoms with Gasteiger partial charge in [-0.05, 0) is 25.0 Å². The monoisotopic (exact) mass is 319 g/mol. The molecule has 2 rings (SSSR count). The molecule has 0 spiro atoms. The summed E-state index contributed by atoms with van der Waals surface area (Å²) in [6, 6.07) is 2.62. The third kappa shape index (κ3) is 3.38. The van der Waals surface area contributed by atoms with Crippen molar-refractivity contribution in [2.24, 2.45) is 5.92 Å². The van der Waals surface area contributed by atoms with Crippen molar-refractivity contribution in [3.05, 3.63) is 17.0 Å². The van der Waals surface area contributed by atoms with E-state index in [1.165, 1.54) is 12.1 Å². The maximum Gasteiger partial charge on any atom is 0.345 e. The number of carbonyl (C=O) groups is 1. The van der Waals surface area contributed by atoms with Crippen molar-refractivity contribution < 1.29 is 23.1 Å². The van der Waals surface area contributed by atoms with E-state index in [2.05, 4.69) is 4.72 Å². The third-order valence-corrected chi connectivity index (χ3v) is 6.33. The molecule has 1 fully saturated rings. The number of sulfonamides is 1. The minimum absolute atomic E-state index is 0.0148. The Labute approximate surface area is 121 Å². The molecule has 1 aromatic heterocycles. The molecule has 1 aliphatic rings. The fourth-order valence-corrected chi connectivity index (χ4v) is 4.53. The topological polar surface area (TPSA) is 92.7 Å². The van der Waals surface area contributed by atoms with Gasteiger partial charge in [0.05, 0.1) is 6.10 Å². The molecule has 0 aliphatic carbocycles. The van der Waals surface area contributed by atoms with Crippen LogP contribution in [0.3, 0.4) is 0 Å². The SMILES string of the molecule is CCC1OCCC1CNS(=O)(=O)c1ccc(C(=O)O)s1. The predicted molar refractivity (Wildman–Crippen MR) is 74.6 cm³/mol. The van der Waals surface area contributed by atoms with Crippen molar-refractivity contribution in [1.82, 2.24) is 4.72 Å². The standard InChI is InChI=1S/C12H17NO5S2/c1-2-9-8(5-6-18-9)7-13-20(16,17)11-4-3-10(19-11)12(14)15/h3-4,8-9,13H,2,5-7H2,1H3,(H,14,15). The zero-order valence-corrected chi connectivity index (χ0v) is 12.7. The molecular weight excluding hydrogens is 302 g/mol. The quantitative estimate of drug-likeness (QED) is 0.829. The van der Waals surface area contributed by atoms with Crippen molar-refractivity contribution in [3.63, 3.8) is 0 Å². The van der Waals surface area contributed by atoms with Crippen LogP contribution < -0.4 is 4.72 Å².